The predicted molar refractivity (Wildman–Crippen MR) is 93.5 cm³/mol. The van der Waals surface area contributed by atoms with E-state index >= 15 is 0 Å². The molecule has 2 aromatic rings. The molecule has 2 N–H and O–H groups in total. The molecule has 1 heterocycles. The van der Waals surface area contributed by atoms with Gasteiger partial charge in [0, 0.05) is 18.2 Å². The number of anilines is 3. The SMILES string of the molecule is CCC(=O)Nc1ccc(OC)nc1Nc1ccccc1C(C)C. The summed E-state index contributed by atoms with van der Waals surface area (Å²) in [5, 5.41) is 6.18. The van der Waals surface area contributed by atoms with Gasteiger partial charge < -0.3 is 15.4 Å². The summed E-state index contributed by atoms with van der Waals surface area (Å²) >= 11 is 0. The summed E-state index contributed by atoms with van der Waals surface area (Å²) in [5.41, 5.74) is 2.79. The molecule has 0 radical (unpaired) electrons. The lowest BCUT2D eigenvalue weighted by Gasteiger charge is -2.17. The molecule has 0 fully saturated rings. The Morgan fingerprint density at radius 2 is 1.91 bits per heavy atom. The minimum Gasteiger partial charge on any atom is -0.481 e. The van der Waals surface area contributed by atoms with E-state index in [0.29, 0.717) is 29.7 Å². The minimum absolute atomic E-state index is 0.0582. The zero-order valence-electron chi connectivity index (χ0n) is 14.0. The third-order valence-electron chi connectivity index (χ3n) is 3.51. The molecule has 0 aliphatic rings. The van der Waals surface area contributed by atoms with E-state index in [-0.39, 0.29) is 5.91 Å². The van der Waals surface area contributed by atoms with Crippen molar-refractivity contribution in [2.24, 2.45) is 0 Å². The molecule has 0 saturated heterocycles. The monoisotopic (exact) mass is 313 g/mol. The molecule has 0 saturated carbocycles. The summed E-state index contributed by atoms with van der Waals surface area (Å²) < 4.78 is 5.19. The maximum atomic E-state index is 11.7. The van der Waals surface area contributed by atoms with Crippen molar-refractivity contribution >= 4 is 23.1 Å². The van der Waals surface area contributed by atoms with E-state index < -0.39 is 0 Å². The Kier molecular flexibility index (Phi) is 5.57. The molecule has 122 valence electrons. The maximum absolute atomic E-state index is 11.7. The largest absolute Gasteiger partial charge is 0.481 e. The predicted octanol–water partition coefficient (Wildman–Crippen LogP) is 4.31. The maximum Gasteiger partial charge on any atom is 0.224 e. The van der Waals surface area contributed by atoms with Crippen LogP contribution in [0.25, 0.3) is 0 Å². The number of pyridine rings is 1. The second-order valence-electron chi connectivity index (χ2n) is 5.52. The van der Waals surface area contributed by atoms with Crippen LogP contribution in [-0.4, -0.2) is 18.0 Å². The van der Waals surface area contributed by atoms with Crippen LogP contribution in [0.4, 0.5) is 17.2 Å². The van der Waals surface area contributed by atoms with Crippen LogP contribution in [0, 0.1) is 0 Å². The quantitative estimate of drug-likeness (QED) is 0.834. The first-order chi connectivity index (χ1) is 11.0. The normalized spacial score (nSPS) is 10.5. The summed E-state index contributed by atoms with van der Waals surface area (Å²) in [7, 11) is 1.57. The van der Waals surface area contributed by atoms with Gasteiger partial charge in [0.05, 0.1) is 12.8 Å². The number of carbonyl (C=O) groups excluding carboxylic acids is 1. The molecule has 2 rings (SSSR count). The number of benzene rings is 1. The van der Waals surface area contributed by atoms with E-state index in [2.05, 4.69) is 35.5 Å². The molecule has 0 bridgehead atoms. The lowest BCUT2D eigenvalue weighted by atomic mass is 10.0. The van der Waals surface area contributed by atoms with Gasteiger partial charge >= 0.3 is 0 Å². The average molecular weight is 313 g/mol. The Hall–Kier alpha value is -2.56. The van der Waals surface area contributed by atoms with Gasteiger partial charge in [0.2, 0.25) is 11.8 Å². The van der Waals surface area contributed by atoms with Crippen molar-refractivity contribution in [2.75, 3.05) is 17.7 Å². The highest BCUT2D eigenvalue weighted by atomic mass is 16.5. The van der Waals surface area contributed by atoms with E-state index in [1.807, 2.05) is 25.1 Å². The number of hydrogen-bond acceptors (Lipinski definition) is 4. The number of amides is 1. The molecule has 0 spiro atoms. The van der Waals surface area contributed by atoms with Crippen LogP contribution >= 0.6 is 0 Å². The first kappa shape index (κ1) is 16.8. The van der Waals surface area contributed by atoms with Gasteiger partial charge in [0.15, 0.2) is 5.82 Å². The highest BCUT2D eigenvalue weighted by Crippen LogP contribution is 2.30. The molecule has 5 heteroatoms. The van der Waals surface area contributed by atoms with Crippen LogP contribution < -0.4 is 15.4 Å². The number of aromatic nitrogens is 1. The van der Waals surface area contributed by atoms with Crippen molar-refractivity contribution in [3.63, 3.8) is 0 Å². The van der Waals surface area contributed by atoms with E-state index in [4.69, 9.17) is 4.74 Å². The molecule has 23 heavy (non-hydrogen) atoms. The van der Waals surface area contributed by atoms with Gasteiger partial charge in [-0.15, -0.1) is 0 Å². The number of carbonyl (C=O) groups is 1. The molecule has 1 aromatic carbocycles. The summed E-state index contributed by atoms with van der Waals surface area (Å²) in [6, 6.07) is 11.6. The van der Waals surface area contributed by atoms with Crippen molar-refractivity contribution in [1.82, 2.24) is 4.98 Å². The molecule has 0 unspecified atom stereocenters. The van der Waals surface area contributed by atoms with Crippen molar-refractivity contribution < 1.29 is 9.53 Å². The van der Waals surface area contributed by atoms with Crippen molar-refractivity contribution in [3.05, 3.63) is 42.0 Å². The number of hydrogen-bond donors (Lipinski definition) is 2. The average Bonchev–Trinajstić information content (AvgIpc) is 2.56. The fourth-order valence-corrected chi connectivity index (χ4v) is 2.23. The first-order valence-electron chi connectivity index (χ1n) is 7.76. The van der Waals surface area contributed by atoms with Crippen LogP contribution in [0.2, 0.25) is 0 Å². The van der Waals surface area contributed by atoms with Crippen LogP contribution in [-0.2, 0) is 4.79 Å². The zero-order chi connectivity index (χ0) is 16.8. The van der Waals surface area contributed by atoms with E-state index in [9.17, 15) is 4.79 Å². The third-order valence-corrected chi connectivity index (χ3v) is 3.51. The first-order valence-corrected chi connectivity index (χ1v) is 7.76. The van der Waals surface area contributed by atoms with Crippen LogP contribution in [0.3, 0.4) is 0 Å². The van der Waals surface area contributed by atoms with Gasteiger partial charge in [-0.25, -0.2) is 0 Å². The van der Waals surface area contributed by atoms with Gasteiger partial charge in [0.25, 0.3) is 0 Å². The van der Waals surface area contributed by atoms with Crippen LogP contribution in [0.5, 0.6) is 5.88 Å². The van der Waals surface area contributed by atoms with Gasteiger partial charge in [-0.3, -0.25) is 4.79 Å². The Labute approximate surface area is 137 Å². The van der Waals surface area contributed by atoms with Gasteiger partial charge in [-0.1, -0.05) is 39.0 Å². The Morgan fingerprint density at radius 3 is 2.57 bits per heavy atom. The summed E-state index contributed by atoms with van der Waals surface area (Å²) in [4.78, 5) is 16.1. The minimum atomic E-state index is -0.0582. The Bertz CT molecular complexity index is 684. The molecule has 0 aliphatic carbocycles. The molecule has 1 aromatic heterocycles. The number of nitrogens with one attached hydrogen (secondary N) is 2. The summed E-state index contributed by atoms with van der Waals surface area (Å²) in [6.07, 6.45) is 0.411. The second-order valence-corrected chi connectivity index (χ2v) is 5.52. The smallest absolute Gasteiger partial charge is 0.224 e. The molecule has 1 amide bonds. The number of ether oxygens (including phenoxy) is 1. The third kappa shape index (κ3) is 4.22. The van der Waals surface area contributed by atoms with Crippen molar-refractivity contribution in [1.29, 1.82) is 0 Å². The van der Waals surface area contributed by atoms with E-state index in [0.717, 1.165) is 5.69 Å². The second kappa shape index (κ2) is 7.63. The fraction of sp³-hybridized carbons (Fsp3) is 0.333. The lowest BCUT2D eigenvalue weighted by molar-refractivity contribution is -0.115. The highest BCUT2D eigenvalue weighted by molar-refractivity contribution is 5.94. The van der Waals surface area contributed by atoms with E-state index in [1.165, 1.54) is 5.56 Å². The molecular formula is C18H23N3O2. The van der Waals surface area contributed by atoms with Gasteiger partial charge in [-0.05, 0) is 23.6 Å². The molecular weight excluding hydrogens is 290 g/mol. The Morgan fingerprint density at radius 1 is 1.17 bits per heavy atom. The topological polar surface area (TPSA) is 63.2 Å². The summed E-state index contributed by atoms with van der Waals surface area (Å²) in [5.74, 6) is 1.37. The number of methoxy groups -OCH3 is 1. The number of rotatable bonds is 6. The number of para-hydroxylation sites is 1. The zero-order valence-corrected chi connectivity index (χ0v) is 14.0. The summed E-state index contributed by atoms with van der Waals surface area (Å²) in [6.45, 7) is 6.09. The molecule has 0 aliphatic heterocycles. The van der Waals surface area contributed by atoms with Gasteiger partial charge in [-0.2, -0.15) is 4.98 Å². The van der Waals surface area contributed by atoms with Crippen LogP contribution in [0.1, 0.15) is 38.7 Å². The van der Waals surface area contributed by atoms with E-state index in [1.54, 1.807) is 19.2 Å². The number of nitrogens with zero attached hydrogens (tertiary/aromatic N) is 1. The fourth-order valence-electron chi connectivity index (χ4n) is 2.23. The molecule has 5 nitrogen and oxygen atoms in total. The van der Waals surface area contributed by atoms with Gasteiger partial charge in [0.1, 0.15) is 0 Å². The lowest BCUT2D eigenvalue weighted by Crippen LogP contribution is -2.12. The standard InChI is InChI=1S/C18H23N3O2/c1-5-16(22)19-15-10-11-17(23-4)21-18(15)20-14-9-7-6-8-13(14)12(2)3/h6-12H,5H2,1-4H3,(H,19,22)(H,20,21). The Balaban J connectivity index is 2.39. The van der Waals surface area contributed by atoms with Crippen molar-refractivity contribution in [2.45, 2.75) is 33.1 Å². The highest BCUT2D eigenvalue weighted by Gasteiger charge is 2.12. The molecule has 0 atom stereocenters. The van der Waals surface area contributed by atoms with Crippen LogP contribution in [0.15, 0.2) is 36.4 Å². The van der Waals surface area contributed by atoms with Crippen molar-refractivity contribution in [3.8, 4) is 5.88 Å².